The molecule has 2 aromatic rings. The molecule has 6 heteroatoms. The Bertz CT molecular complexity index is 763. The molecule has 0 saturated heterocycles. The molecule has 2 rings (SSSR count). The maximum Gasteiger partial charge on any atom is 0.328 e. The Hall–Kier alpha value is -2.50. The number of furan rings is 1. The van der Waals surface area contributed by atoms with Crippen molar-refractivity contribution in [3.63, 3.8) is 0 Å². The van der Waals surface area contributed by atoms with Gasteiger partial charge >= 0.3 is 5.97 Å². The number of benzene rings is 1. The third-order valence-electron chi connectivity index (χ3n) is 3.92. The topological polar surface area (TPSA) is 77.8 Å². The molecule has 0 fully saturated rings. The third kappa shape index (κ3) is 4.32. The monoisotopic (exact) mass is 347 g/mol. The highest BCUT2D eigenvalue weighted by Gasteiger charge is 2.26. The number of esters is 1. The fourth-order valence-corrected chi connectivity index (χ4v) is 2.72. The second kappa shape index (κ2) is 8.05. The van der Waals surface area contributed by atoms with Gasteiger partial charge in [-0.05, 0) is 44.4 Å². The van der Waals surface area contributed by atoms with Crippen LogP contribution in [0.4, 0.5) is 0 Å². The average Bonchev–Trinajstić information content (AvgIpc) is 2.90. The second-order valence-corrected chi connectivity index (χ2v) is 6.33. The van der Waals surface area contributed by atoms with E-state index in [2.05, 4.69) is 5.32 Å². The predicted octanol–water partition coefficient (Wildman–Crippen LogP) is 3.46. The number of hydrogen-bond acceptors (Lipinski definition) is 5. The van der Waals surface area contributed by atoms with Crippen LogP contribution in [0.5, 0.6) is 5.75 Å². The van der Waals surface area contributed by atoms with Crippen molar-refractivity contribution in [2.45, 2.75) is 40.2 Å². The van der Waals surface area contributed by atoms with E-state index in [4.69, 9.17) is 13.9 Å². The number of fused-ring (bicyclic) bond motifs is 1. The zero-order chi connectivity index (χ0) is 18.6. The first-order chi connectivity index (χ1) is 11.9. The van der Waals surface area contributed by atoms with Gasteiger partial charge in [-0.3, -0.25) is 4.79 Å². The molecular formula is C19H25NO5. The highest BCUT2D eigenvalue weighted by Crippen LogP contribution is 2.29. The number of hydrogen-bond donors (Lipinski definition) is 1. The molecule has 1 amide bonds. The molecule has 1 atom stereocenters. The summed E-state index contributed by atoms with van der Waals surface area (Å²) < 4.78 is 16.0. The van der Waals surface area contributed by atoms with Crippen LogP contribution in [-0.4, -0.2) is 31.6 Å². The van der Waals surface area contributed by atoms with Gasteiger partial charge in [0.25, 0.3) is 5.91 Å². The van der Waals surface area contributed by atoms with Gasteiger partial charge in [-0.1, -0.05) is 13.8 Å². The van der Waals surface area contributed by atoms with Crippen LogP contribution < -0.4 is 10.1 Å². The third-order valence-corrected chi connectivity index (χ3v) is 3.92. The van der Waals surface area contributed by atoms with Gasteiger partial charge < -0.3 is 19.2 Å². The van der Waals surface area contributed by atoms with E-state index < -0.39 is 17.9 Å². The number of nitrogens with one attached hydrogen (secondary N) is 1. The van der Waals surface area contributed by atoms with Crippen molar-refractivity contribution >= 4 is 22.8 Å². The summed E-state index contributed by atoms with van der Waals surface area (Å²) in [4.78, 5) is 24.5. The number of aryl methyl sites for hydroxylation is 1. The van der Waals surface area contributed by atoms with Crippen LogP contribution in [0.15, 0.2) is 22.6 Å². The zero-order valence-electron chi connectivity index (χ0n) is 15.3. The van der Waals surface area contributed by atoms with E-state index in [0.29, 0.717) is 24.2 Å². The van der Waals surface area contributed by atoms with Gasteiger partial charge in [0.2, 0.25) is 0 Å². The number of amides is 1. The van der Waals surface area contributed by atoms with Crippen molar-refractivity contribution in [3.8, 4) is 5.75 Å². The van der Waals surface area contributed by atoms with Crippen molar-refractivity contribution < 1.29 is 23.5 Å². The molecule has 0 spiro atoms. The smallest absolute Gasteiger partial charge is 0.328 e. The molecule has 0 saturated carbocycles. The molecule has 0 aliphatic heterocycles. The minimum atomic E-state index is -0.705. The van der Waals surface area contributed by atoms with Crippen molar-refractivity contribution in [2.75, 3.05) is 13.7 Å². The number of carbonyl (C=O) groups is 2. The summed E-state index contributed by atoms with van der Waals surface area (Å²) in [7, 11) is 1.31. The molecule has 0 radical (unpaired) electrons. The van der Waals surface area contributed by atoms with E-state index in [9.17, 15) is 9.59 Å². The maximum atomic E-state index is 12.6. The fraction of sp³-hybridized carbons (Fsp3) is 0.474. The van der Waals surface area contributed by atoms with Gasteiger partial charge in [-0.2, -0.15) is 0 Å². The van der Waals surface area contributed by atoms with Gasteiger partial charge in [0.15, 0.2) is 5.76 Å². The predicted molar refractivity (Wildman–Crippen MR) is 94.8 cm³/mol. The number of methoxy groups -OCH3 is 1. The van der Waals surface area contributed by atoms with Crippen LogP contribution in [0.25, 0.3) is 11.0 Å². The number of rotatable bonds is 7. The van der Waals surface area contributed by atoms with Crippen LogP contribution in [0.2, 0.25) is 0 Å². The number of ether oxygens (including phenoxy) is 2. The van der Waals surface area contributed by atoms with Crippen LogP contribution in [0, 0.1) is 12.8 Å². The van der Waals surface area contributed by atoms with Crippen LogP contribution in [0.1, 0.15) is 43.3 Å². The van der Waals surface area contributed by atoms with Gasteiger partial charge in [0, 0.05) is 10.9 Å². The van der Waals surface area contributed by atoms with Crippen molar-refractivity contribution in [3.05, 3.63) is 29.5 Å². The first-order valence-electron chi connectivity index (χ1n) is 8.42. The molecule has 0 bridgehead atoms. The van der Waals surface area contributed by atoms with E-state index in [1.165, 1.54) is 7.11 Å². The fourth-order valence-electron chi connectivity index (χ4n) is 2.72. The van der Waals surface area contributed by atoms with E-state index >= 15 is 0 Å². The van der Waals surface area contributed by atoms with E-state index in [1.54, 1.807) is 12.1 Å². The first kappa shape index (κ1) is 18.8. The molecule has 0 aliphatic rings. The second-order valence-electron chi connectivity index (χ2n) is 6.33. The highest BCUT2D eigenvalue weighted by molar-refractivity contribution is 6.00. The summed E-state index contributed by atoms with van der Waals surface area (Å²) in [6, 6.07) is 4.71. The zero-order valence-corrected chi connectivity index (χ0v) is 15.3. The Labute approximate surface area is 147 Å². The van der Waals surface area contributed by atoms with Crippen LogP contribution in [-0.2, 0) is 9.53 Å². The first-order valence-corrected chi connectivity index (χ1v) is 8.42. The Morgan fingerprint density at radius 3 is 2.60 bits per heavy atom. The summed E-state index contributed by atoms with van der Waals surface area (Å²) >= 11 is 0. The minimum absolute atomic E-state index is 0.196. The highest BCUT2D eigenvalue weighted by atomic mass is 16.5. The molecule has 1 aromatic carbocycles. The molecule has 0 aliphatic carbocycles. The summed E-state index contributed by atoms with van der Waals surface area (Å²) in [5.41, 5.74) is 1.31. The number of carbonyl (C=O) groups excluding carboxylic acids is 2. The van der Waals surface area contributed by atoms with Gasteiger partial charge in [0.1, 0.15) is 17.4 Å². The minimum Gasteiger partial charge on any atom is -0.494 e. The van der Waals surface area contributed by atoms with Crippen molar-refractivity contribution in [1.82, 2.24) is 5.32 Å². The van der Waals surface area contributed by atoms with E-state index in [-0.39, 0.29) is 11.7 Å². The van der Waals surface area contributed by atoms with Crippen LogP contribution in [0.3, 0.4) is 0 Å². The molecule has 1 unspecified atom stereocenters. The Balaban J connectivity index is 2.28. The lowest BCUT2D eigenvalue weighted by Gasteiger charge is -2.17. The Morgan fingerprint density at radius 2 is 2.00 bits per heavy atom. The molecule has 1 heterocycles. The lowest BCUT2D eigenvalue weighted by Crippen LogP contribution is -2.42. The molecule has 6 nitrogen and oxygen atoms in total. The standard InChI is InChI=1S/C19H25NO5/c1-6-24-13-7-8-16-14(10-13)12(4)17(25-16)18(21)20-15(9-11(2)3)19(22)23-5/h7-8,10-11,15H,6,9H2,1-5H3,(H,20,21). The molecular weight excluding hydrogens is 322 g/mol. The molecule has 1 N–H and O–H groups in total. The quantitative estimate of drug-likeness (QED) is 0.776. The lowest BCUT2D eigenvalue weighted by molar-refractivity contribution is -0.143. The summed E-state index contributed by atoms with van der Waals surface area (Å²) in [5, 5.41) is 3.53. The van der Waals surface area contributed by atoms with Gasteiger partial charge in [0.05, 0.1) is 13.7 Å². The van der Waals surface area contributed by atoms with E-state index in [1.807, 2.05) is 33.8 Å². The summed E-state index contributed by atoms with van der Waals surface area (Å²) in [5.74, 6) is 0.256. The van der Waals surface area contributed by atoms with Gasteiger partial charge in [-0.25, -0.2) is 4.79 Å². The average molecular weight is 347 g/mol. The summed E-state index contributed by atoms with van der Waals surface area (Å²) in [6.07, 6.45) is 0.492. The lowest BCUT2D eigenvalue weighted by atomic mass is 10.0. The Morgan fingerprint density at radius 1 is 1.28 bits per heavy atom. The van der Waals surface area contributed by atoms with E-state index in [0.717, 1.165) is 11.1 Å². The van der Waals surface area contributed by atoms with Gasteiger partial charge in [-0.15, -0.1) is 0 Å². The van der Waals surface area contributed by atoms with Crippen molar-refractivity contribution in [2.24, 2.45) is 5.92 Å². The van der Waals surface area contributed by atoms with Crippen molar-refractivity contribution in [1.29, 1.82) is 0 Å². The largest absolute Gasteiger partial charge is 0.494 e. The Kier molecular flexibility index (Phi) is 6.07. The maximum absolute atomic E-state index is 12.6. The SMILES string of the molecule is CCOc1ccc2oc(C(=O)NC(CC(C)C)C(=O)OC)c(C)c2c1. The summed E-state index contributed by atoms with van der Waals surface area (Å²) in [6.45, 7) is 8.23. The molecule has 25 heavy (non-hydrogen) atoms. The molecule has 1 aromatic heterocycles. The van der Waals surface area contributed by atoms with Crippen LogP contribution >= 0.6 is 0 Å². The molecule has 136 valence electrons. The normalized spacial score (nSPS) is 12.2.